The number of hydrogen-bond donors (Lipinski definition) is 0. The fourth-order valence-corrected chi connectivity index (χ4v) is 5.91. The number of fused-ring (bicyclic) bond motifs is 2. The highest BCUT2D eigenvalue weighted by molar-refractivity contribution is 6.31. The molecule has 0 aliphatic carbocycles. The Labute approximate surface area is 221 Å². The molecule has 3 heterocycles. The van der Waals surface area contributed by atoms with Gasteiger partial charge in [0.05, 0.1) is 0 Å². The highest BCUT2D eigenvalue weighted by Crippen LogP contribution is 2.50. The Kier molecular flexibility index (Phi) is 6.91. The van der Waals surface area contributed by atoms with Crippen LogP contribution in [0.3, 0.4) is 0 Å². The molecule has 2 aromatic carbocycles. The molecule has 0 radical (unpaired) electrons. The molecule has 7 heteroatoms. The number of carbonyl (C=O) groups excluding carboxylic acids is 1. The maximum absolute atomic E-state index is 13.5. The minimum absolute atomic E-state index is 0.0599. The van der Waals surface area contributed by atoms with Crippen molar-refractivity contribution in [1.82, 2.24) is 9.88 Å². The molecule has 1 spiro atoms. The molecule has 2 aliphatic heterocycles. The van der Waals surface area contributed by atoms with E-state index in [1.807, 2.05) is 41.3 Å². The van der Waals surface area contributed by atoms with Crippen molar-refractivity contribution in [2.24, 2.45) is 5.92 Å². The summed E-state index contributed by atoms with van der Waals surface area (Å²) in [6, 6.07) is 17.1. The zero-order chi connectivity index (χ0) is 24.6. The van der Waals surface area contributed by atoms with E-state index in [-0.39, 0.29) is 11.3 Å². The van der Waals surface area contributed by atoms with E-state index in [9.17, 15) is 4.79 Å². The molecule has 1 aromatic heterocycles. The van der Waals surface area contributed by atoms with Crippen molar-refractivity contribution < 1.29 is 4.79 Å². The molecule has 0 saturated carbocycles. The van der Waals surface area contributed by atoms with Gasteiger partial charge in [0, 0.05) is 52.5 Å². The fraction of sp³-hybridized carbons (Fsp3) is 0.286. The lowest BCUT2D eigenvalue weighted by Gasteiger charge is -2.45. The van der Waals surface area contributed by atoms with E-state index in [4.69, 9.17) is 34.8 Å². The largest absolute Gasteiger partial charge is 0.307 e. The SMILES string of the molecule is C[C@@H]1CN(CC=Cc2ccc(Cl)cc2)CC[C@]12CN(C(=O)c1ccnc(Cl)c1)c1ccc(Cl)cc12. The quantitative estimate of drug-likeness (QED) is 0.344. The number of aromatic nitrogens is 1. The van der Waals surface area contributed by atoms with E-state index in [1.165, 1.54) is 5.56 Å². The smallest absolute Gasteiger partial charge is 0.258 e. The summed E-state index contributed by atoms with van der Waals surface area (Å²) in [5.41, 5.74) is 3.65. The predicted octanol–water partition coefficient (Wildman–Crippen LogP) is 7.00. The third-order valence-corrected chi connectivity index (χ3v) is 8.03. The van der Waals surface area contributed by atoms with Crippen LogP contribution in [0.4, 0.5) is 5.69 Å². The van der Waals surface area contributed by atoms with Crippen molar-refractivity contribution >= 4 is 52.5 Å². The Morgan fingerprint density at radius 1 is 1.09 bits per heavy atom. The van der Waals surface area contributed by atoms with Gasteiger partial charge in [-0.1, -0.05) is 66.0 Å². The van der Waals surface area contributed by atoms with Crippen LogP contribution >= 0.6 is 34.8 Å². The first kappa shape index (κ1) is 24.3. The predicted molar refractivity (Wildman–Crippen MR) is 145 cm³/mol. The summed E-state index contributed by atoms with van der Waals surface area (Å²) in [4.78, 5) is 21.9. The summed E-state index contributed by atoms with van der Waals surface area (Å²) in [6.07, 6.45) is 6.87. The number of anilines is 1. The summed E-state index contributed by atoms with van der Waals surface area (Å²) in [7, 11) is 0. The Morgan fingerprint density at radius 2 is 1.86 bits per heavy atom. The van der Waals surface area contributed by atoms with Crippen molar-refractivity contribution in [1.29, 1.82) is 0 Å². The Bertz CT molecular complexity index is 1280. The van der Waals surface area contributed by atoms with Gasteiger partial charge in [-0.05, 0) is 72.5 Å². The van der Waals surface area contributed by atoms with E-state index in [1.54, 1.807) is 18.3 Å². The average Bonchev–Trinajstić information content (AvgIpc) is 3.16. The number of rotatable bonds is 4. The molecule has 0 unspecified atom stereocenters. The first-order chi connectivity index (χ1) is 16.9. The van der Waals surface area contributed by atoms with Crippen LogP contribution in [-0.4, -0.2) is 42.0 Å². The van der Waals surface area contributed by atoms with Gasteiger partial charge in [-0.3, -0.25) is 9.69 Å². The molecule has 0 N–H and O–H groups in total. The third kappa shape index (κ3) is 4.85. The molecule has 1 fully saturated rings. The molecule has 0 bridgehead atoms. The van der Waals surface area contributed by atoms with Crippen LogP contribution in [0.15, 0.2) is 66.9 Å². The lowest BCUT2D eigenvalue weighted by Crippen LogP contribution is -2.51. The van der Waals surface area contributed by atoms with E-state index in [0.29, 0.717) is 28.2 Å². The molecule has 4 nitrogen and oxygen atoms in total. The first-order valence-corrected chi connectivity index (χ1v) is 12.9. The summed E-state index contributed by atoms with van der Waals surface area (Å²) >= 11 is 18.5. The van der Waals surface area contributed by atoms with E-state index in [0.717, 1.165) is 42.3 Å². The van der Waals surface area contributed by atoms with Gasteiger partial charge in [0.1, 0.15) is 5.15 Å². The van der Waals surface area contributed by atoms with E-state index in [2.05, 4.69) is 35.0 Å². The van der Waals surface area contributed by atoms with E-state index < -0.39 is 0 Å². The second-order valence-electron chi connectivity index (χ2n) is 9.44. The second-order valence-corrected chi connectivity index (χ2v) is 10.7. The fourth-order valence-electron chi connectivity index (χ4n) is 5.44. The lowest BCUT2D eigenvalue weighted by molar-refractivity contribution is 0.0948. The molecule has 5 rings (SSSR count). The number of hydrogen-bond acceptors (Lipinski definition) is 3. The zero-order valence-corrected chi connectivity index (χ0v) is 21.7. The Balaban J connectivity index is 1.35. The highest BCUT2D eigenvalue weighted by Gasteiger charge is 2.50. The van der Waals surface area contributed by atoms with Gasteiger partial charge in [0.15, 0.2) is 0 Å². The van der Waals surface area contributed by atoms with Gasteiger partial charge in [0.25, 0.3) is 5.91 Å². The summed E-state index contributed by atoms with van der Waals surface area (Å²) < 4.78 is 0. The maximum atomic E-state index is 13.5. The minimum Gasteiger partial charge on any atom is -0.307 e. The number of amides is 1. The molecule has 1 saturated heterocycles. The van der Waals surface area contributed by atoms with Crippen molar-refractivity contribution in [3.05, 3.63) is 98.8 Å². The molecule has 180 valence electrons. The standard InChI is InChI=1S/C28H26Cl3N3O/c1-19-17-33(13-2-3-20-4-6-22(29)7-5-20)14-11-28(19)18-34(25-9-8-23(30)16-24(25)28)27(35)21-10-12-32-26(31)15-21/h2-10,12,15-16,19H,11,13-14,17-18H2,1H3/t19-,28+/m1/s1. The van der Waals surface area contributed by atoms with Gasteiger partial charge in [-0.25, -0.2) is 4.98 Å². The third-order valence-electron chi connectivity index (χ3n) is 7.34. The molecule has 3 aromatic rings. The van der Waals surface area contributed by atoms with Crippen LogP contribution < -0.4 is 4.90 Å². The maximum Gasteiger partial charge on any atom is 0.258 e. The first-order valence-electron chi connectivity index (χ1n) is 11.7. The summed E-state index contributed by atoms with van der Waals surface area (Å²) in [5.74, 6) is 0.284. The molecular formula is C28H26Cl3N3O. The number of piperidine rings is 1. The topological polar surface area (TPSA) is 36.4 Å². The minimum atomic E-state index is -0.136. The van der Waals surface area contributed by atoms with Crippen molar-refractivity contribution in [3.8, 4) is 0 Å². The highest BCUT2D eigenvalue weighted by atomic mass is 35.5. The number of pyridine rings is 1. The van der Waals surface area contributed by atoms with Gasteiger partial charge < -0.3 is 4.90 Å². The van der Waals surface area contributed by atoms with Crippen molar-refractivity contribution in [2.45, 2.75) is 18.8 Å². The van der Waals surface area contributed by atoms with Crippen LogP contribution in [0.2, 0.25) is 15.2 Å². The second kappa shape index (κ2) is 9.94. The van der Waals surface area contributed by atoms with E-state index >= 15 is 0 Å². The molecule has 2 atom stereocenters. The zero-order valence-electron chi connectivity index (χ0n) is 19.4. The number of nitrogens with zero attached hydrogens (tertiary/aromatic N) is 3. The molecular weight excluding hydrogens is 501 g/mol. The number of likely N-dealkylation sites (tertiary alicyclic amines) is 1. The number of halogens is 3. The van der Waals surface area contributed by atoms with Crippen LogP contribution in [0.5, 0.6) is 0 Å². The van der Waals surface area contributed by atoms with Crippen LogP contribution in [0, 0.1) is 5.92 Å². The van der Waals surface area contributed by atoms with Crippen molar-refractivity contribution in [3.63, 3.8) is 0 Å². The monoisotopic (exact) mass is 525 g/mol. The van der Waals surface area contributed by atoms with Crippen LogP contribution in [0.1, 0.15) is 34.8 Å². The Hall–Kier alpha value is -2.37. The lowest BCUT2D eigenvalue weighted by atomic mass is 9.67. The van der Waals surface area contributed by atoms with Gasteiger partial charge in [0.2, 0.25) is 0 Å². The summed E-state index contributed by atoms with van der Waals surface area (Å²) in [5, 5.41) is 1.76. The average molecular weight is 527 g/mol. The normalized spacial score (nSPS) is 22.2. The number of carbonyl (C=O) groups is 1. The van der Waals surface area contributed by atoms with Crippen molar-refractivity contribution in [2.75, 3.05) is 31.1 Å². The van der Waals surface area contributed by atoms with Crippen LogP contribution in [-0.2, 0) is 5.41 Å². The van der Waals surface area contributed by atoms with Gasteiger partial charge >= 0.3 is 0 Å². The molecule has 1 amide bonds. The van der Waals surface area contributed by atoms with Gasteiger partial charge in [-0.2, -0.15) is 0 Å². The molecule has 35 heavy (non-hydrogen) atoms. The number of benzene rings is 2. The molecule has 2 aliphatic rings. The van der Waals surface area contributed by atoms with Crippen LogP contribution in [0.25, 0.3) is 6.08 Å². The summed E-state index contributed by atoms with van der Waals surface area (Å²) in [6.45, 7) is 5.70. The van der Waals surface area contributed by atoms with Gasteiger partial charge in [-0.15, -0.1) is 0 Å². The Morgan fingerprint density at radius 3 is 2.60 bits per heavy atom.